The van der Waals surface area contributed by atoms with E-state index in [1.54, 1.807) is 30.0 Å². The highest BCUT2D eigenvalue weighted by Crippen LogP contribution is 2.39. The van der Waals surface area contributed by atoms with Gasteiger partial charge in [0.2, 0.25) is 5.88 Å². The molecule has 2 heterocycles. The smallest absolute Gasteiger partial charge is 0.265 e. The Bertz CT molecular complexity index is 1830. The topological polar surface area (TPSA) is 107 Å². The van der Waals surface area contributed by atoms with Crippen molar-refractivity contribution in [3.05, 3.63) is 90.6 Å². The Balaban J connectivity index is 1.64. The van der Waals surface area contributed by atoms with E-state index in [2.05, 4.69) is 14.7 Å². The Labute approximate surface area is 228 Å². The van der Waals surface area contributed by atoms with Crippen molar-refractivity contribution >= 4 is 44.2 Å². The highest BCUT2D eigenvalue weighted by molar-refractivity contribution is 7.98. The van der Waals surface area contributed by atoms with E-state index in [4.69, 9.17) is 10.5 Å². The third kappa shape index (κ3) is 5.10. The van der Waals surface area contributed by atoms with Gasteiger partial charge in [0.25, 0.3) is 10.0 Å². The zero-order valence-electron chi connectivity index (χ0n) is 20.8. The molecule has 0 amide bonds. The fourth-order valence-corrected chi connectivity index (χ4v) is 6.01. The first kappa shape index (κ1) is 26.4. The zero-order chi connectivity index (χ0) is 27.7. The van der Waals surface area contributed by atoms with Gasteiger partial charge in [-0.3, -0.25) is 4.72 Å². The molecule has 0 aliphatic rings. The van der Waals surface area contributed by atoms with Crippen LogP contribution in [0.25, 0.3) is 33.2 Å². The standard InChI is InChI=1S/C28H22F2N4O3S2/c1-37-28-26(34-39(35,36)25-10-8-18(29)15-22(25)30)19(11-12-32-28)16-7-9-23-17(13-16)14-21(27(31)33-23)20-5-3-4-6-24(20)38-2/h3-15,34H,1-2H3,(H2,31,33). The zero-order valence-corrected chi connectivity index (χ0v) is 22.4. The summed E-state index contributed by atoms with van der Waals surface area (Å²) in [4.78, 5) is 9.03. The van der Waals surface area contributed by atoms with E-state index >= 15 is 0 Å². The lowest BCUT2D eigenvalue weighted by Crippen LogP contribution is -2.16. The number of halogens is 2. The number of nitrogen functional groups attached to an aromatic ring is 1. The quantitative estimate of drug-likeness (QED) is 0.222. The molecule has 0 saturated carbocycles. The van der Waals surface area contributed by atoms with Gasteiger partial charge in [-0.2, -0.15) is 0 Å². The molecule has 198 valence electrons. The Kier molecular flexibility index (Phi) is 7.11. The van der Waals surface area contributed by atoms with Crippen LogP contribution in [0.2, 0.25) is 0 Å². The number of thioether (sulfide) groups is 1. The number of nitrogens with one attached hydrogen (secondary N) is 1. The maximum Gasteiger partial charge on any atom is 0.265 e. The largest absolute Gasteiger partial charge is 0.479 e. The minimum Gasteiger partial charge on any atom is -0.479 e. The van der Waals surface area contributed by atoms with E-state index in [-0.39, 0.29) is 11.6 Å². The number of benzene rings is 3. The number of nitrogens with two attached hydrogens (primary N) is 1. The van der Waals surface area contributed by atoms with E-state index in [1.807, 2.05) is 42.7 Å². The van der Waals surface area contributed by atoms with Gasteiger partial charge in [-0.25, -0.2) is 27.2 Å². The number of hydrogen-bond donors (Lipinski definition) is 2. The third-order valence-corrected chi connectivity index (χ3v) is 8.26. The van der Waals surface area contributed by atoms with Crippen LogP contribution in [0.5, 0.6) is 5.88 Å². The lowest BCUT2D eigenvalue weighted by atomic mass is 10.00. The summed E-state index contributed by atoms with van der Waals surface area (Å²) in [6.07, 6.45) is 3.45. The van der Waals surface area contributed by atoms with Crippen molar-refractivity contribution in [2.24, 2.45) is 0 Å². The Morgan fingerprint density at radius 3 is 2.49 bits per heavy atom. The van der Waals surface area contributed by atoms with E-state index in [0.717, 1.165) is 33.5 Å². The summed E-state index contributed by atoms with van der Waals surface area (Å²) in [7, 11) is -3.13. The van der Waals surface area contributed by atoms with Gasteiger partial charge < -0.3 is 10.5 Å². The number of aromatic nitrogens is 2. The van der Waals surface area contributed by atoms with E-state index < -0.39 is 26.6 Å². The number of fused-ring (bicyclic) bond motifs is 1. The van der Waals surface area contributed by atoms with Crippen LogP contribution in [0, 0.1) is 11.6 Å². The van der Waals surface area contributed by atoms with Crippen molar-refractivity contribution in [3.63, 3.8) is 0 Å². The SMILES string of the molecule is COc1nccc(-c2ccc3nc(N)c(-c4ccccc4SC)cc3c2)c1NS(=O)(=O)c1ccc(F)cc1F. The molecular weight excluding hydrogens is 542 g/mol. The van der Waals surface area contributed by atoms with Crippen molar-refractivity contribution in [1.29, 1.82) is 0 Å². The Hall–Kier alpha value is -4.22. The molecule has 39 heavy (non-hydrogen) atoms. The summed E-state index contributed by atoms with van der Waals surface area (Å²) in [5, 5.41) is 0.766. The lowest BCUT2D eigenvalue weighted by Gasteiger charge is -2.16. The molecule has 3 N–H and O–H groups in total. The second-order valence-corrected chi connectivity index (χ2v) is 11.0. The summed E-state index contributed by atoms with van der Waals surface area (Å²) in [5.41, 5.74) is 9.74. The van der Waals surface area contributed by atoms with Crippen LogP contribution < -0.4 is 15.2 Å². The van der Waals surface area contributed by atoms with Gasteiger partial charge in [0.05, 0.1) is 12.6 Å². The predicted octanol–water partition coefficient (Wildman–Crippen LogP) is 6.36. The highest BCUT2D eigenvalue weighted by atomic mass is 32.2. The molecule has 0 fully saturated rings. The average Bonchev–Trinajstić information content (AvgIpc) is 2.92. The van der Waals surface area contributed by atoms with Crippen molar-refractivity contribution in [3.8, 4) is 28.1 Å². The molecular formula is C28H22F2N4O3S2. The normalized spacial score (nSPS) is 11.5. The number of sulfonamides is 1. The second-order valence-electron chi connectivity index (χ2n) is 8.45. The molecule has 7 nitrogen and oxygen atoms in total. The maximum atomic E-state index is 14.4. The molecule has 0 saturated heterocycles. The van der Waals surface area contributed by atoms with Gasteiger partial charge in [-0.15, -0.1) is 11.8 Å². The fourth-order valence-electron chi connectivity index (χ4n) is 4.26. The summed E-state index contributed by atoms with van der Waals surface area (Å²) in [6.45, 7) is 0. The molecule has 0 aliphatic heterocycles. The lowest BCUT2D eigenvalue weighted by molar-refractivity contribution is 0.400. The first-order valence-electron chi connectivity index (χ1n) is 11.6. The van der Waals surface area contributed by atoms with Crippen LogP contribution in [-0.2, 0) is 10.0 Å². The summed E-state index contributed by atoms with van der Waals surface area (Å²) < 4.78 is 61.7. The highest BCUT2D eigenvalue weighted by Gasteiger charge is 2.24. The van der Waals surface area contributed by atoms with Crippen LogP contribution >= 0.6 is 11.8 Å². The number of ether oxygens (including phenoxy) is 1. The van der Waals surface area contributed by atoms with Gasteiger partial charge >= 0.3 is 0 Å². The van der Waals surface area contributed by atoms with Crippen molar-refractivity contribution in [2.75, 3.05) is 23.8 Å². The maximum absolute atomic E-state index is 14.4. The summed E-state index contributed by atoms with van der Waals surface area (Å²) in [6, 6.07) is 19.0. The van der Waals surface area contributed by atoms with Crippen LogP contribution in [0.3, 0.4) is 0 Å². The predicted molar refractivity (Wildman–Crippen MR) is 150 cm³/mol. The molecule has 11 heteroatoms. The van der Waals surface area contributed by atoms with Gasteiger partial charge in [-0.05, 0) is 59.8 Å². The molecule has 0 unspecified atom stereocenters. The number of pyridine rings is 2. The molecule has 0 bridgehead atoms. The average molecular weight is 565 g/mol. The molecule has 2 aromatic heterocycles. The first-order chi connectivity index (χ1) is 18.7. The van der Waals surface area contributed by atoms with Gasteiger partial charge in [0.1, 0.15) is 28.0 Å². The van der Waals surface area contributed by atoms with Crippen molar-refractivity contribution in [1.82, 2.24) is 9.97 Å². The van der Waals surface area contributed by atoms with Gasteiger partial charge in [0.15, 0.2) is 0 Å². The number of hydrogen-bond acceptors (Lipinski definition) is 7. The van der Waals surface area contributed by atoms with E-state index in [1.165, 1.54) is 13.3 Å². The Morgan fingerprint density at radius 2 is 1.74 bits per heavy atom. The minimum atomic E-state index is -4.47. The molecule has 5 aromatic rings. The van der Waals surface area contributed by atoms with Gasteiger partial charge in [-0.1, -0.05) is 24.3 Å². The number of methoxy groups -OCH3 is 1. The first-order valence-corrected chi connectivity index (χ1v) is 14.3. The van der Waals surface area contributed by atoms with E-state index in [9.17, 15) is 17.2 Å². The third-order valence-electron chi connectivity index (χ3n) is 6.08. The van der Waals surface area contributed by atoms with Crippen molar-refractivity contribution < 1.29 is 21.9 Å². The molecule has 0 atom stereocenters. The molecule has 0 radical (unpaired) electrons. The van der Waals surface area contributed by atoms with Crippen LogP contribution in [0.4, 0.5) is 20.3 Å². The molecule has 0 spiro atoms. The van der Waals surface area contributed by atoms with Gasteiger partial charge in [0, 0.05) is 33.7 Å². The van der Waals surface area contributed by atoms with Crippen molar-refractivity contribution in [2.45, 2.75) is 9.79 Å². The summed E-state index contributed by atoms with van der Waals surface area (Å²) in [5.74, 6) is -1.75. The van der Waals surface area contributed by atoms with E-state index in [0.29, 0.717) is 28.5 Å². The number of rotatable bonds is 7. The van der Waals surface area contributed by atoms with Crippen LogP contribution in [-0.4, -0.2) is 31.8 Å². The number of nitrogens with zero attached hydrogens (tertiary/aromatic N) is 2. The second kappa shape index (κ2) is 10.5. The Morgan fingerprint density at radius 1 is 0.949 bits per heavy atom. The molecule has 0 aliphatic carbocycles. The van der Waals surface area contributed by atoms with Crippen LogP contribution in [0.15, 0.2) is 88.8 Å². The molecule has 5 rings (SSSR count). The molecule has 3 aromatic carbocycles. The minimum absolute atomic E-state index is 0.000527. The monoisotopic (exact) mass is 564 g/mol. The van der Waals surface area contributed by atoms with Crippen LogP contribution in [0.1, 0.15) is 0 Å². The summed E-state index contributed by atoms with van der Waals surface area (Å²) >= 11 is 1.60. The number of anilines is 2. The fraction of sp³-hybridized carbons (Fsp3) is 0.0714.